The molecule has 0 bridgehead atoms. The van der Waals surface area contributed by atoms with Gasteiger partial charge >= 0.3 is 0 Å². The molecule has 3 atom stereocenters. The van der Waals surface area contributed by atoms with Crippen LogP contribution in [0.4, 0.5) is 0 Å². The summed E-state index contributed by atoms with van der Waals surface area (Å²) in [6.07, 6.45) is 0.286. The van der Waals surface area contributed by atoms with Gasteiger partial charge in [-0.3, -0.25) is 0 Å². The van der Waals surface area contributed by atoms with Crippen LogP contribution in [0, 0.1) is 0 Å². The van der Waals surface area contributed by atoms with Gasteiger partial charge in [-0.25, -0.2) is 0 Å². The van der Waals surface area contributed by atoms with Crippen molar-refractivity contribution in [3.63, 3.8) is 0 Å². The van der Waals surface area contributed by atoms with E-state index in [9.17, 15) is 0 Å². The summed E-state index contributed by atoms with van der Waals surface area (Å²) in [4.78, 5) is 0. The van der Waals surface area contributed by atoms with Gasteiger partial charge in [0.15, 0.2) is 0 Å². The molecule has 0 heterocycles. The Balaban J connectivity index is 1.87. The van der Waals surface area contributed by atoms with E-state index in [1.165, 1.54) is 11.1 Å². The standard InChI is InChI=1S/C16H15ClO/c1-18-16-14(11-5-3-2-4-6-11)15(16)12-7-9-13(17)10-8-12/h2-10,14-16H,1H3. The summed E-state index contributed by atoms with van der Waals surface area (Å²) in [5, 5.41) is 0.782. The molecular formula is C16H15ClO. The second kappa shape index (κ2) is 4.75. The van der Waals surface area contributed by atoms with Crippen LogP contribution < -0.4 is 0 Å². The third-order valence-electron chi connectivity index (χ3n) is 3.67. The average molecular weight is 259 g/mol. The molecule has 0 amide bonds. The summed E-state index contributed by atoms with van der Waals surface area (Å²) in [6.45, 7) is 0. The van der Waals surface area contributed by atoms with Crippen molar-refractivity contribution in [2.75, 3.05) is 7.11 Å². The van der Waals surface area contributed by atoms with E-state index in [0.29, 0.717) is 11.8 Å². The Morgan fingerprint density at radius 1 is 0.833 bits per heavy atom. The largest absolute Gasteiger partial charge is 0.380 e. The number of methoxy groups -OCH3 is 1. The second-order valence-corrected chi connectivity index (χ2v) is 5.15. The average Bonchev–Trinajstić information content (AvgIpc) is 3.15. The molecule has 0 aliphatic heterocycles. The van der Waals surface area contributed by atoms with E-state index in [0.717, 1.165) is 5.02 Å². The maximum atomic E-state index is 5.93. The molecule has 1 saturated carbocycles. The molecule has 92 valence electrons. The molecule has 0 radical (unpaired) electrons. The summed E-state index contributed by atoms with van der Waals surface area (Å²) >= 11 is 5.93. The zero-order chi connectivity index (χ0) is 12.5. The molecular weight excluding hydrogens is 244 g/mol. The van der Waals surface area contributed by atoms with E-state index in [-0.39, 0.29) is 6.10 Å². The number of halogens is 1. The highest BCUT2D eigenvalue weighted by atomic mass is 35.5. The number of hydrogen-bond donors (Lipinski definition) is 0. The van der Waals surface area contributed by atoms with Gasteiger partial charge in [-0.2, -0.15) is 0 Å². The highest BCUT2D eigenvalue weighted by Gasteiger charge is 2.52. The van der Waals surface area contributed by atoms with Crippen molar-refractivity contribution in [3.8, 4) is 0 Å². The van der Waals surface area contributed by atoms with Crippen LogP contribution in [0.5, 0.6) is 0 Å². The van der Waals surface area contributed by atoms with Crippen molar-refractivity contribution >= 4 is 11.6 Å². The molecule has 0 N–H and O–H groups in total. The van der Waals surface area contributed by atoms with Gasteiger partial charge in [0.2, 0.25) is 0 Å². The third-order valence-corrected chi connectivity index (χ3v) is 3.92. The Morgan fingerprint density at radius 3 is 1.94 bits per heavy atom. The van der Waals surface area contributed by atoms with Crippen LogP contribution in [0.15, 0.2) is 54.6 Å². The Labute approximate surface area is 112 Å². The Bertz CT molecular complexity index is 521. The fraction of sp³-hybridized carbons (Fsp3) is 0.250. The van der Waals surface area contributed by atoms with E-state index in [1.807, 2.05) is 18.2 Å². The maximum Gasteiger partial charge on any atom is 0.0721 e. The monoisotopic (exact) mass is 258 g/mol. The molecule has 1 nitrogen and oxygen atoms in total. The van der Waals surface area contributed by atoms with E-state index in [2.05, 4.69) is 36.4 Å². The highest BCUT2D eigenvalue weighted by Crippen LogP contribution is 2.56. The molecule has 0 aromatic heterocycles. The molecule has 2 aromatic carbocycles. The number of hydrogen-bond acceptors (Lipinski definition) is 1. The lowest BCUT2D eigenvalue weighted by atomic mass is 10.0. The van der Waals surface area contributed by atoms with Crippen molar-refractivity contribution in [3.05, 3.63) is 70.7 Å². The van der Waals surface area contributed by atoms with Gasteiger partial charge in [0.05, 0.1) is 6.10 Å². The smallest absolute Gasteiger partial charge is 0.0721 e. The fourth-order valence-electron chi connectivity index (χ4n) is 2.73. The fourth-order valence-corrected chi connectivity index (χ4v) is 2.86. The molecule has 0 saturated heterocycles. The van der Waals surface area contributed by atoms with Crippen LogP contribution in [0.1, 0.15) is 23.0 Å². The van der Waals surface area contributed by atoms with Gasteiger partial charge in [-0.05, 0) is 23.3 Å². The molecule has 3 rings (SSSR count). The normalized spacial score (nSPS) is 26.0. The predicted octanol–water partition coefficient (Wildman–Crippen LogP) is 4.24. The predicted molar refractivity (Wildman–Crippen MR) is 74.2 cm³/mol. The van der Waals surface area contributed by atoms with E-state index in [4.69, 9.17) is 16.3 Å². The van der Waals surface area contributed by atoms with E-state index in [1.54, 1.807) is 7.11 Å². The lowest BCUT2D eigenvalue weighted by Crippen LogP contribution is -1.91. The molecule has 2 heteroatoms. The Kier molecular flexibility index (Phi) is 3.11. The van der Waals surface area contributed by atoms with E-state index < -0.39 is 0 Å². The summed E-state index contributed by atoms with van der Waals surface area (Å²) < 4.78 is 5.59. The number of ether oxygens (including phenoxy) is 1. The van der Waals surface area contributed by atoms with Crippen molar-refractivity contribution in [2.24, 2.45) is 0 Å². The van der Waals surface area contributed by atoms with Crippen LogP contribution >= 0.6 is 11.6 Å². The molecule has 1 aliphatic carbocycles. The minimum atomic E-state index is 0.286. The molecule has 0 spiro atoms. The first-order valence-electron chi connectivity index (χ1n) is 6.14. The van der Waals surface area contributed by atoms with Gasteiger partial charge in [0.1, 0.15) is 0 Å². The summed E-state index contributed by atoms with van der Waals surface area (Å²) in [7, 11) is 1.79. The Hall–Kier alpha value is -1.31. The van der Waals surface area contributed by atoms with Crippen LogP contribution in [0.2, 0.25) is 5.02 Å². The van der Waals surface area contributed by atoms with Gasteiger partial charge in [0.25, 0.3) is 0 Å². The molecule has 1 fully saturated rings. The van der Waals surface area contributed by atoms with Gasteiger partial charge in [-0.15, -0.1) is 0 Å². The van der Waals surface area contributed by atoms with Gasteiger partial charge in [-0.1, -0.05) is 54.1 Å². The van der Waals surface area contributed by atoms with Crippen molar-refractivity contribution < 1.29 is 4.74 Å². The third kappa shape index (κ3) is 2.05. The summed E-state index contributed by atoms with van der Waals surface area (Å²) in [6, 6.07) is 18.7. The lowest BCUT2D eigenvalue weighted by molar-refractivity contribution is 0.173. The first kappa shape index (κ1) is 11.8. The highest BCUT2D eigenvalue weighted by molar-refractivity contribution is 6.30. The topological polar surface area (TPSA) is 9.23 Å². The number of benzene rings is 2. The van der Waals surface area contributed by atoms with Crippen molar-refractivity contribution in [2.45, 2.75) is 17.9 Å². The van der Waals surface area contributed by atoms with E-state index >= 15 is 0 Å². The van der Waals surface area contributed by atoms with Crippen LogP contribution in [0.3, 0.4) is 0 Å². The maximum absolute atomic E-state index is 5.93. The van der Waals surface area contributed by atoms with Gasteiger partial charge in [0, 0.05) is 24.0 Å². The first-order chi connectivity index (χ1) is 8.81. The quantitative estimate of drug-likeness (QED) is 0.800. The summed E-state index contributed by atoms with van der Waals surface area (Å²) in [5.74, 6) is 0.923. The zero-order valence-corrected chi connectivity index (χ0v) is 11.0. The summed E-state index contributed by atoms with van der Waals surface area (Å²) in [5.41, 5.74) is 2.66. The van der Waals surface area contributed by atoms with Gasteiger partial charge < -0.3 is 4.74 Å². The first-order valence-corrected chi connectivity index (χ1v) is 6.52. The van der Waals surface area contributed by atoms with Crippen LogP contribution in [-0.2, 0) is 4.74 Å². The molecule has 18 heavy (non-hydrogen) atoms. The molecule has 3 unspecified atom stereocenters. The second-order valence-electron chi connectivity index (χ2n) is 4.71. The minimum absolute atomic E-state index is 0.286. The van der Waals surface area contributed by atoms with Crippen LogP contribution in [-0.4, -0.2) is 13.2 Å². The zero-order valence-electron chi connectivity index (χ0n) is 10.2. The Morgan fingerprint density at radius 2 is 1.39 bits per heavy atom. The minimum Gasteiger partial charge on any atom is -0.380 e. The lowest BCUT2D eigenvalue weighted by Gasteiger charge is -2.00. The van der Waals surface area contributed by atoms with Crippen molar-refractivity contribution in [1.29, 1.82) is 0 Å². The molecule has 2 aromatic rings. The SMILES string of the molecule is COC1C(c2ccccc2)C1c1ccc(Cl)cc1. The van der Waals surface area contributed by atoms with Crippen molar-refractivity contribution in [1.82, 2.24) is 0 Å². The van der Waals surface area contributed by atoms with Crippen LogP contribution in [0.25, 0.3) is 0 Å². The number of rotatable bonds is 3. The molecule has 1 aliphatic rings.